The number of thiophene rings is 1. The molecule has 0 spiro atoms. The second-order valence-electron chi connectivity index (χ2n) is 5.34. The second kappa shape index (κ2) is 7.63. The number of esters is 1. The van der Waals surface area contributed by atoms with Crippen LogP contribution in [0, 0.1) is 0 Å². The van der Waals surface area contributed by atoms with Crippen molar-refractivity contribution in [3.05, 3.63) is 40.4 Å². The molecule has 0 amide bonds. The molecule has 24 heavy (non-hydrogen) atoms. The van der Waals surface area contributed by atoms with E-state index in [1.165, 1.54) is 11.8 Å². The molecule has 0 saturated heterocycles. The molecule has 124 valence electrons. The minimum Gasteiger partial charge on any atom is -0.462 e. The van der Waals surface area contributed by atoms with E-state index in [9.17, 15) is 4.79 Å². The smallest absolute Gasteiger partial charge is 0.316 e. The molecule has 1 aromatic carbocycles. The Morgan fingerprint density at radius 3 is 2.75 bits per heavy atom. The van der Waals surface area contributed by atoms with Crippen molar-refractivity contribution in [3.63, 3.8) is 0 Å². The molecule has 0 aliphatic carbocycles. The Hall–Kier alpha value is -1.44. The van der Waals surface area contributed by atoms with Gasteiger partial charge in [-0.3, -0.25) is 4.79 Å². The van der Waals surface area contributed by atoms with Gasteiger partial charge in [-0.05, 0) is 31.5 Å². The van der Waals surface area contributed by atoms with E-state index >= 15 is 0 Å². The molecule has 0 atom stereocenters. The zero-order valence-corrected chi connectivity index (χ0v) is 16.4. The molecule has 0 aliphatic rings. The van der Waals surface area contributed by atoms with Crippen molar-refractivity contribution >= 4 is 55.2 Å². The monoisotopic (exact) mass is 422 g/mol. The van der Waals surface area contributed by atoms with Gasteiger partial charge in [0.1, 0.15) is 16.2 Å². The summed E-state index contributed by atoms with van der Waals surface area (Å²) in [5.74, 6) is 0.00194. The van der Waals surface area contributed by atoms with Gasteiger partial charge in [0.2, 0.25) is 0 Å². The fourth-order valence-corrected chi connectivity index (χ4v) is 4.26. The lowest BCUT2D eigenvalue weighted by Crippen LogP contribution is -2.13. The average Bonchev–Trinajstić information content (AvgIpc) is 2.97. The Kier molecular flexibility index (Phi) is 5.53. The summed E-state index contributed by atoms with van der Waals surface area (Å²) in [6.45, 7) is 3.69. The van der Waals surface area contributed by atoms with Gasteiger partial charge >= 0.3 is 5.97 Å². The number of rotatable bonds is 5. The minimum atomic E-state index is -0.234. The number of carbonyl (C=O) groups is 1. The summed E-state index contributed by atoms with van der Waals surface area (Å²) in [5.41, 5.74) is 2.19. The predicted octanol–water partition coefficient (Wildman–Crippen LogP) is 5.16. The van der Waals surface area contributed by atoms with Gasteiger partial charge in [-0.1, -0.05) is 39.8 Å². The van der Waals surface area contributed by atoms with Gasteiger partial charge in [0.15, 0.2) is 0 Å². The first-order chi connectivity index (χ1) is 11.5. The van der Waals surface area contributed by atoms with Crippen LogP contribution in [-0.2, 0) is 9.53 Å². The van der Waals surface area contributed by atoms with E-state index in [2.05, 4.69) is 43.4 Å². The van der Waals surface area contributed by atoms with Crippen LogP contribution in [0.5, 0.6) is 0 Å². The molecular weight excluding hydrogens is 408 g/mol. The van der Waals surface area contributed by atoms with Crippen LogP contribution in [0.3, 0.4) is 0 Å². The first kappa shape index (κ1) is 17.4. The first-order valence-electron chi connectivity index (χ1n) is 7.35. The predicted molar refractivity (Wildman–Crippen MR) is 103 cm³/mol. The van der Waals surface area contributed by atoms with Crippen LogP contribution in [0.1, 0.15) is 13.8 Å². The summed E-state index contributed by atoms with van der Waals surface area (Å²) in [5, 5.41) is 3.88. The summed E-state index contributed by atoms with van der Waals surface area (Å²) in [4.78, 5) is 21.4. The summed E-state index contributed by atoms with van der Waals surface area (Å²) in [7, 11) is 0. The number of ether oxygens (including phenoxy) is 1. The van der Waals surface area contributed by atoms with Gasteiger partial charge in [0.25, 0.3) is 0 Å². The lowest BCUT2D eigenvalue weighted by atomic mass is 10.1. The molecule has 2 aromatic heterocycles. The maximum absolute atomic E-state index is 11.8. The highest BCUT2D eigenvalue weighted by molar-refractivity contribution is 9.10. The third-order valence-electron chi connectivity index (χ3n) is 3.18. The quantitative estimate of drug-likeness (QED) is 0.322. The standard InChI is InChI=1S/C17H15BrN2O2S2/c1-10(2)22-14(21)8-24-17-15-13(7-23-16(15)19-9-20-17)11-3-5-12(18)6-4-11/h3-7,9-10H,8H2,1-2H3. The van der Waals surface area contributed by atoms with Crippen molar-refractivity contribution in [2.24, 2.45) is 0 Å². The molecule has 4 nitrogen and oxygen atoms in total. The van der Waals surface area contributed by atoms with Crippen molar-refractivity contribution in [2.75, 3.05) is 5.75 Å². The third-order valence-corrected chi connectivity index (χ3v) is 5.56. The second-order valence-corrected chi connectivity index (χ2v) is 8.08. The largest absolute Gasteiger partial charge is 0.462 e. The van der Waals surface area contributed by atoms with E-state index in [4.69, 9.17) is 4.74 Å². The van der Waals surface area contributed by atoms with Crippen LogP contribution in [0.25, 0.3) is 21.3 Å². The van der Waals surface area contributed by atoms with Gasteiger partial charge in [0, 0.05) is 15.4 Å². The lowest BCUT2D eigenvalue weighted by Gasteiger charge is -2.08. The molecule has 0 aliphatic heterocycles. The van der Waals surface area contributed by atoms with Crippen LogP contribution in [0.2, 0.25) is 0 Å². The number of thioether (sulfide) groups is 1. The highest BCUT2D eigenvalue weighted by atomic mass is 79.9. The molecule has 0 fully saturated rings. The van der Waals surface area contributed by atoms with Gasteiger partial charge in [-0.15, -0.1) is 11.3 Å². The maximum Gasteiger partial charge on any atom is 0.316 e. The highest BCUT2D eigenvalue weighted by Crippen LogP contribution is 2.38. The van der Waals surface area contributed by atoms with Crippen LogP contribution >= 0.6 is 39.0 Å². The molecule has 0 radical (unpaired) electrons. The summed E-state index contributed by atoms with van der Waals surface area (Å²) < 4.78 is 6.22. The van der Waals surface area contributed by atoms with E-state index in [0.29, 0.717) is 0 Å². The fraction of sp³-hybridized carbons (Fsp3) is 0.235. The van der Waals surface area contributed by atoms with E-state index < -0.39 is 0 Å². The normalized spacial score (nSPS) is 11.2. The van der Waals surface area contributed by atoms with Crippen molar-refractivity contribution in [1.82, 2.24) is 9.97 Å². The molecule has 3 aromatic rings. The Labute approximate surface area is 156 Å². The van der Waals surface area contributed by atoms with Gasteiger partial charge in [0.05, 0.1) is 17.2 Å². The van der Waals surface area contributed by atoms with E-state index in [1.54, 1.807) is 17.7 Å². The third kappa shape index (κ3) is 3.96. The summed E-state index contributed by atoms with van der Waals surface area (Å²) >= 11 is 6.42. The van der Waals surface area contributed by atoms with Gasteiger partial charge in [-0.25, -0.2) is 9.97 Å². The molecule has 0 saturated carbocycles. The van der Waals surface area contributed by atoms with Gasteiger partial charge in [-0.2, -0.15) is 0 Å². The number of hydrogen-bond acceptors (Lipinski definition) is 6. The Bertz CT molecular complexity index is 863. The zero-order valence-electron chi connectivity index (χ0n) is 13.2. The number of aromatic nitrogens is 2. The SMILES string of the molecule is CC(C)OC(=O)CSc1ncnc2scc(-c3ccc(Br)cc3)c12. The zero-order chi connectivity index (χ0) is 17.1. The first-order valence-corrected chi connectivity index (χ1v) is 10.0. The number of hydrogen-bond donors (Lipinski definition) is 0. The summed E-state index contributed by atoms with van der Waals surface area (Å²) in [6.07, 6.45) is 1.43. The topological polar surface area (TPSA) is 52.1 Å². The molecular formula is C17H15BrN2O2S2. The van der Waals surface area contributed by atoms with Crippen molar-refractivity contribution in [2.45, 2.75) is 25.0 Å². The molecule has 2 heterocycles. The lowest BCUT2D eigenvalue weighted by molar-refractivity contribution is -0.144. The molecule has 0 bridgehead atoms. The van der Waals surface area contributed by atoms with Crippen LogP contribution in [0.15, 0.2) is 45.5 Å². The van der Waals surface area contributed by atoms with Crippen molar-refractivity contribution in [1.29, 1.82) is 0 Å². The Morgan fingerprint density at radius 2 is 2.04 bits per heavy atom. The van der Waals surface area contributed by atoms with E-state index in [0.717, 1.165) is 30.8 Å². The molecule has 7 heteroatoms. The summed E-state index contributed by atoms with van der Waals surface area (Å²) in [6, 6.07) is 8.13. The van der Waals surface area contributed by atoms with Crippen molar-refractivity contribution < 1.29 is 9.53 Å². The number of carbonyl (C=O) groups excluding carboxylic acids is 1. The van der Waals surface area contributed by atoms with E-state index in [1.807, 2.05) is 26.0 Å². The molecule has 0 unspecified atom stereocenters. The number of nitrogens with zero attached hydrogens (tertiary/aromatic N) is 2. The average molecular weight is 423 g/mol. The van der Waals surface area contributed by atoms with Crippen LogP contribution < -0.4 is 0 Å². The number of halogens is 1. The van der Waals surface area contributed by atoms with Crippen molar-refractivity contribution in [3.8, 4) is 11.1 Å². The molecule has 3 rings (SSSR count). The van der Waals surface area contributed by atoms with E-state index in [-0.39, 0.29) is 17.8 Å². The highest BCUT2D eigenvalue weighted by Gasteiger charge is 2.15. The number of benzene rings is 1. The number of fused-ring (bicyclic) bond motifs is 1. The van der Waals surface area contributed by atoms with Gasteiger partial charge < -0.3 is 4.74 Å². The maximum atomic E-state index is 11.8. The van der Waals surface area contributed by atoms with Crippen LogP contribution in [0.4, 0.5) is 0 Å². The Morgan fingerprint density at radius 1 is 1.29 bits per heavy atom. The minimum absolute atomic E-state index is 0.108. The molecule has 0 N–H and O–H groups in total. The fourth-order valence-electron chi connectivity index (χ4n) is 2.22. The van der Waals surface area contributed by atoms with Crippen LogP contribution in [-0.4, -0.2) is 27.8 Å². The Balaban J connectivity index is 1.92.